The summed E-state index contributed by atoms with van der Waals surface area (Å²) in [4.78, 5) is 56.9. The van der Waals surface area contributed by atoms with Gasteiger partial charge in [-0.1, -0.05) is 38.1 Å². The van der Waals surface area contributed by atoms with Gasteiger partial charge in [-0.05, 0) is 62.3 Å². The van der Waals surface area contributed by atoms with E-state index in [2.05, 4.69) is 10.6 Å². The Bertz CT molecular complexity index is 1520. The highest BCUT2D eigenvalue weighted by Gasteiger charge is 2.37. The summed E-state index contributed by atoms with van der Waals surface area (Å²) in [5.74, 6) is -2.24. The summed E-state index contributed by atoms with van der Waals surface area (Å²) >= 11 is 0. The fraction of sp³-hybridized carbons (Fsp3) is 0.438. The van der Waals surface area contributed by atoms with E-state index >= 15 is 0 Å². The van der Waals surface area contributed by atoms with Crippen molar-refractivity contribution in [2.24, 2.45) is 5.92 Å². The summed E-state index contributed by atoms with van der Waals surface area (Å²) in [6, 6.07) is 10.5. The topological polar surface area (TPSA) is 112 Å². The van der Waals surface area contributed by atoms with Crippen molar-refractivity contribution in [3.05, 3.63) is 70.7 Å². The zero-order valence-electron chi connectivity index (χ0n) is 24.2. The van der Waals surface area contributed by atoms with E-state index in [1.165, 1.54) is 21.9 Å². The fourth-order valence-electron chi connectivity index (χ4n) is 5.76. The van der Waals surface area contributed by atoms with Crippen LogP contribution >= 0.6 is 0 Å². The molecular weight excluding hydrogens is 539 g/mol. The number of hydrogen-bond donors (Lipinski definition) is 2. The van der Waals surface area contributed by atoms with Gasteiger partial charge >= 0.3 is 0 Å². The van der Waals surface area contributed by atoms with E-state index in [1.54, 1.807) is 12.1 Å². The third-order valence-corrected chi connectivity index (χ3v) is 8.25. The molecule has 42 heavy (non-hydrogen) atoms. The first-order valence-corrected chi connectivity index (χ1v) is 14.6. The summed E-state index contributed by atoms with van der Waals surface area (Å²) in [6.07, 6.45) is 2.14. The number of para-hydroxylation sites is 1. The molecular formula is C32H37FN4O5. The molecule has 2 aliphatic heterocycles. The van der Waals surface area contributed by atoms with E-state index in [0.717, 1.165) is 10.9 Å². The number of benzene rings is 2. The van der Waals surface area contributed by atoms with Crippen LogP contribution in [-0.2, 0) is 16.0 Å². The number of nitrogens with one attached hydrogen (secondary N) is 2. The van der Waals surface area contributed by atoms with E-state index in [0.29, 0.717) is 49.9 Å². The standard InChI is InChI=1S/C32H37FN4O5/c1-19(2)25-17-36(32(41)29-20(3)22-9-4-5-11-27(22)42-29)18-28(38)34-14-6-8-21-12-13-24(33)23(16-21)31(40)37-15-7-10-26(37)30(39)35-25/h4-5,9,11-13,16,19,25-26H,6-8,10,14-15,17-18H2,1-3H3,(H,34,38)(H,35,39)/t25-,26-/m0/s1. The van der Waals surface area contributed by atoms with Crippen LogP contribution in [0.2, 0.25) is 0 Å². The molecule has 0 saturated carbocycles. The van der Waals surface area contributed by atoms with E-state index in [9.17, 15) is 23.6 Å². The molecule has 2 N–H and O–H groups in total. The molecule has 2 aliphatic rings. The van der Waals surface area contributed by atoms with E-state index in [1.807, 2.05) is 39.0 Å². The lowest BCUT2D eigenvalue weighted by Gasteiger charge is -2.32. The largest absolute Gasteiger partial charge is 0.451 e. The molecule has 0 spiro atoms. The Hall–Kier alpha value is -4.21. The smallest absolute Gasteiger partial charge is 0.290 e. The third kappa shape index (κ3) is 6.03. The van der Waals surface area contributed by atoms with Gasteiger partial charge in [-0.2, -0.15) is 0 Å². The zero-order chi connectivity index (χ0) is 30.0. The van der Waals surface area contributed by atoms with E-state index < -0.39 is 29.7 Å². The summed E-state index contributed by atoms with van der Waals surface area (Å²) in [5.41, 5.74) is 1.96. The van der Waals surface area contributed by atoms with Crippen LogP contribution in [0.25, 0.3) is 11.0 Å². The average molecular weight is 577 g/mol. The Morgan fingerprint density at radius 3 is 2.64 bits per heavy atom. The molecule has 5 rings (SSSR count). The predicted molar refractivity (Wildman–Crippen MR) is 155 cm³/mol. The molecule has 0 aliphatic carbocycles. The number of furan rings is 1. The van der Waals surface area contributed by atoms with Gasteiger partial charge in [-0.3, -0.25) is 19.2 Å². The molecule has 2 atom stereocenters. The molecule has 2 aromatic carbocycles. The Labute approximate surface area is 244 Å². The Kier molecular flexibility index (Phi) is 8.61. The first-order chi connectivity index (χ1) is 20.1. The van der Waals surface area contributed by atoms with Crippen molar-refractivity contribution in [1.82, 2.24) is 20.4 Å². The zero-order valence-corrected chi connectivity index (χ0v) is 24.2. The summed E-state index contributed by atoms with van der Waals surface area (Å²) in [6.45, 7) is 6.17. The fourth-order valence-corrected chi connectivity index (χ4v) is 5.76. The third-order valence-electron chi connectivity index (χ3n) is 8.25. The van der Waals surface area contributed by atoms with Crippen molar-refractivity contribution in [3.63, 3.8) is 0 Å². The highest BCUT2D eigenvalue weighted by atomic mass is 19.1. The average Bonchev–Trinajstić information content (AvgIpc) is 3.59. The Morgan fingerprint density at radius 1 is 1.10 bits per heavy atom. The maximum absolute atomic E-state index is 14.8. The summed E-state index contributed by atoms with van der Waals surface area (Å²) < 4.78 is 20.7. The van der Waals surface area contributed by atoms with Crippen molar-refractivity contribution < 1.29 is 28.0 Å². The molecule has 4 amide bonds. The maximum atomic E-state index is 14.8. The van der Waals surface area contributed by atoms with Crippen LogP contribution in [0.1, 0.15) is 65.1 Å². The molecule has 1 aromatic heterocycles. The molecule has 222 valence electrons. The number of halogens is 1. The second kappa shape index (κ2) is 12.3. The van der Waals surface area contributed by atoms with Crippen molar-refractivity contribution in [2.45, 2.75) is 58.5 Å². The first kappa shape index (κ1) is 29.3. The van der Waals surface area contributed by atoms with Gasteiger partial charge in [0.25, 0.3) is 11.8 Å². The number of carbonyl (C=O) groups is 4. The molecule has 2 bridgehead atoms. The molecule has 0 radical (unpaired) electrons. The van der Waals surface area contributed by atoms with Gasteiger partial charge in [0, 0.05) is 36.6 Å². The van der Waals surface area contributed by atoms with Crippen LogP contribution in [0.3, 0.4) is 0 Å². The van der Waals surface area contributed by atoms with Crippen molar-refractivity contribution in [2.75, 3.05) is 26.2 Å². The molecule has 3 heterocycles. The Balaban J connectivity index is 1.47. The Morgan fingerprint density at radius 2 is 1.88 bits per heavy atom. The maximum Gasteiger partial charge on any atom is 0.290 e. The van der Waals surface area contributed by atoms with Crippen LogP contribution in [0.4, 0.5) is 4.39 Å². The molecule has 1 fully saturated rings. The van der Waals surface area contributed by atoms with E-state index in [4.69, 9.17) is 4.42 Å². The van der Waals surface area contributed by atoms with Gasteiger partial charge in [0.1, 0.15) is 24.0 Å². The second-order valence-corrected chi connectivity index (χ2v) is 11.5. The highest BCUT2D eigenvalue weighted by molar-refractivity contribution is 6.00. The van der Waals surface area contributed by atoms with Crippen molar-refractivity contribution >= 4 is 34.6 Å². The summed E-state index contributed by atoms with van der Waals surface area (Å²) in [5, 5.41) is 6.72. The lowest BCUT2D eigenvalue weighted by molar-refractivity contribution is -0.126. The first-order valence-electron chi connectivity index (χ1n) is 14.6. The number of fused-ring (bicyclic) bond motifs is 4. The van der Waals surface area contributed by atoms with Crippen LogP contribution in [0.15, 0.2) is 46.9 Å². The van der Waals surface area contributed by atoms with Gasteiger partial charge in [-0.25, -0.2) is 4.39 Å². The van der Waals surface area contributed by atoms with Crippen LogP contribution in [-0.4, -0.2) is 71.7 Å². The van der Waals surface area contributed by atoms with Crippen molar-refractivity contribution in [1.29, 1.82) is 0 Å². The number of aryl methyl sites for hydroxylation is 2. The summed E-state index contributed by atoms with van der Waals surface area (Å²) in [7, 11) is 0. The van der Waals surface area contributed by atoms with Crippen LogP contribution in [0, 0.1) is 18.7 Å². The molecule has 1 saturated heterocycles. The highest BCUT2D eigenvalue weighted by Crippen LogP contribution is 2.27. The normalized spacial score (nSPS) is 20.8. The predicted octanol–water partition coefficient (Wildman–Crippen LogP) is 3.83. The number of nitrogens with zero attached hydrogens (tertiary/aromatic N) is 2. The van der Waals surface area contributed by atoms with Gasteiger partial charge in [0.2, 0.25) is 11.8 Å². The van der Waals surface area contributed by atoms with Gasteiger partial charge in [-0.15, -0.1) is 0 Å². The number of rotatable bonds is 2. The monoisotopic (exact) mass is 576 g/mol. The minimum atomic E-state index is -0.762. The lowest BCUT2D eigenvalue weighted by atomic mass is 10.0. The minimum Gasteiger partial charge on any atom is -0.451 e. The molecule has 9 nitrogen and oxygen atoms in total. The molecule has 10 heteroatoms. The van der Waals surface area contributed by atoms with Crippen LogP contribution in [0.5, 0.6) is 0 Å². The SMILES string of the molecule is Cc1c(C(=O)N2CC(=O)NCCCc3ccc(F)c(c3)C(=O)N3CCC[C@H]3C(=O)N[C@H](C(C)C)C2)oc2ccccc12. The van der Waals surface area contributed by atoms with Crippen molar-refractivity contribution in [3.8, 4) is 0 Å². The molecule has 3 aromatic rings. The van der Waals surface area contributed by atoms with Crippen LogP contribution < -0.4 is 10.6 Å². The van der Waals surface area contributed by atoms with Gasteiger partial charge < -0.3 is 24.9 Å². The van der Waals surface area contributed by atoms with E-state index in [-0.39, 0.29) is 42.1 Å². The number of hydrogen-bond acceptors (Lipinski definition) is 5. The van der Waals surface area contributed by atoms with Gasteiger partial charge in [0.05, 0.1) is 5.56 Å². The molecule has 0 unspecified atom stereocenters. The number of amides is 4. The quantitative estimate of drug-likeness (QED) is 0.482. The second-order valence-electron chi connectivity index (χ2n) is 11.5. The number of carbonyl (C=O) groups excluding carboxylic acids is 4. The lowest BCUT2D eigenvalue weighted by Crippen LogP contribution is -2.54. The minimum absolute atomic E-state index is 0.0565. The van der Waals surface area contributed by atoms with Gasteiger partial charge in [0.15, 0.2) is 5.76 Å².